The number of benzene rings is 2. The summed E-state index contributed by atoms with van der Waals surface area (Å²) in [6, 6.07) is 15.2. The van der Waals surface area contributed by atoms with Crippen LogP contribution in [0.4, 0.5) is 0 Å². The number of halogens is 1. The van der Waals surface area contributed by atoms with Gasteiger partial charge in [-0.3, -0.25) is 4.79 Å². The monoisotopic (exact) mass is 395 g/mol. The summed E-state index contributed by atoms with van der Waals surface area (Å²) < 4.78 is 1.02. The molecule has 2 rings (SSSR count). The number of nitrogens with one attached hydrogen (secondary N) is 1. The zero-order valence-electron chi connectivity index (χ0n) is 11.1. The van der Waals surface area contributed by atoms with Gasteiger partial charge in [0.2, 0.25) is 0 Å². The van der Waals surface area contributed by atoms with E-state index in [9.17, 15) is 14.7 Å². The zero-order chi connectivity index (χ0) is 15.2. The van der Waals surface area contributed by atoms with E-state index in [1.807, 2.05) is 18.2 Å². The molecule has 2 aromatic carbocycles. The van der Waals surface area contributed by atoms with E-state index in [-0.39, 0.29) is 5.91 Å². The lowest BCUT2D eigenvalue weighted by Crippen LogP contribution is -2.37. The Morgan fingerprint density at radius 2 is 1.71 bits per heavy atom. The van der Waals surface area contributed by atoms with Crippen molar-refractivity contribution in [2.45, 2.75) is 12.1 Å². The van der Waals surface area contributed by atoms with Crippen LogP contribution in [-0.4, -0.2) is 23.4 Å². The molecule has 0 unspecified atom stereocenters. The SMILES string of the molecule is O=C[C@H](O)[C@@H](NC(=O)c1ccc(I)cc1)c1ccccc1. The highest BCUT2D eigenvalue weighted by molar-refractivity contribution is 14.1. The van der Waals surface area contributed by atoms with Crippen LogP contribution in [0.3, 0.4) is 0 Å². The number of hydrogen-bond acceptors (Lipinski definition) is 3. The van der Waals surface area contributed by atoms with Crippen molar-refractivity contribution < 1.29 is 14.7 Å². The van der Waals surface area contributed by atoms with E-state index in [4.69, 9.17) is 0 Å². The molecule has 0 bridgehead atoms. The van der Waals surface area contributed by atoms with Gasteiger partial charge in [0.1, 0.15) is 6.10 Å². The number of aliphatic hydroxyl groups is 1. The first-order chi connectivity index (χ1) is 10.1. The van der Waals surface area contributed by atoms with Crippen molar-refractivity contribution in [2.24, 2.45) is 0 Å². The second-order valence-corrected chi connectivity index (χ2v) is 5.74. The van der Waals surface area contributed by atoms with Crippen LogP contribution >= 0.6 is 22.6 Å². The van der Waals surface area contributed by atoms with E-state index >= 15 is 0 Å². The Hall–Kier alpha value is -1.73. The molecule has 108 valence electrons. The Labute approximate surface area is 136 Å². The standard InChI is InChI=1S/C16H14INO3/c17-13-8-6-12(7-9-13)16(21)18-15(14(20)10-19)11-4-2-1-3-5-11/h1-10,14-15,20H,(H,18,21)/t14-,15-/m0/s1. The van der Waals surface area contributed by atoms with Crippen LogP contribution in [0.1, 0.15) is 22.0 Å². The fourth-order valence-electron chi connectivity index (χ4n) is 1.93. The summed E-state index contributed by atoms with van der Waals surface area (Å²) in [5, 5.41) is 12.5. The number of rotatable bonds is 5. The van der Waals surface area contributed by atoms with E-state index in [1.54, 1.807) is 36.4 Å². The number of hydrogen-bond donors (Lipinski definition) is 2. The third kappa shape index (κ3) is 4.12. The summed E-state index contributed by atoms with van der Waals surface area (Å²) in [5.41, 5.74) is 1.16. The number of aldehydes is 1. The number of aliphatic hydroxyl groups excluding tert-OH is 1. The molecule has 0 aromatic heterocycles. The van der Waals surface area contributed by atoms with Gasteiger partial charge in [-0.1, -0.05) is 30.3 Å². The molecule has 0 spiro atoms. The van der Waals surface area contributed by atoms with Crippen LogP contribution < -0.4 is 5.32 Å². The zero-order valence-corrected chi connectivity index (χ0v) is 13.2. The van der Waals surface area contributed by atoms with Gasteiger partial charge in [-0.05, 0) is 52.4 Å². The van der Waals surface area contributed by atoms with Crippen LogP contribution in [0.2, 0.25) is 0 Å². The molecule has 1 amide bonds. The quantitative estimate of drug-likeness (QED) is 0.604. The molecule has 0 fully saturated rings. The Kier molecular flexibility index (Phi) is 5.46. The molecule has 2 N–H and O–H groups in total. The molecule has 0 aliphatic heterocycles. The van der Waals surface area contributed by atoms with Gasteiger partial charge < -0.3 is 15.2 Å². The average molecular weight is 395 g/mol. The Balaban J connectivity index is 2.21. The number of amides is 1. The maximum atomic E-state index is 12.2. The van der Waals surface area contributed by atoms with Crippen LogP contribution in [-0.2, 0) is 4.79 Å². The molecule has 0 saturated heterocycles. The van der Waals surface area contributed by atoms with Crippen LogP contribution in [0, 0.1) is 3.57 Å². The topological polar surface area (TPSA) is 66.4 Å². The van der Waals surface area contributed by atoms with Gasteiger partial charge in [0.15, 0.2) is 6.29 Å². The smallest absolute Gasteiger partial charge is 0.251 e. The van der Waals surface area contributed by atoms with Crippen molar-refractivity contribution >= 4 is 34.8 Å². The third-order valence-corrected chi connectivity index (χ3v) is 3.75. The van der Waals surface area contributed by atoms with Gasteiger partial charge >= 0.3 is 0 Å². The minimum Gasteiger partial charge on any atom is -0.383 e. The highest BCUT2D eigenvalue weighted by Crippen LogP contribution is 2.17. The molecule has 21 heavy (non-hydrogen) atoms. The van der Waals surface area contributed by atoms with E-state index in [0.717, 1.165) is 3.57 Å². The lowest BCUT2D eigenvalue weighted by molar-refractivity contribution is -0.116. The molecule has 0 saturated carbocycles. The Morgan fingerprint density at radius 3 is 2.29 bits per heavy atom. The van der Waals surface area contributed by atoms with Gasteiger partial charge in [-0.2, -0.15) is 0 Å². The summed E-state index contributed by atoms with van der Waals surface area (Å²) in [6.07, 6.45) is -0.869. The van der Waals surface area contributed by atoms with Gasteiger partial charge in [0.05, 0.1) is 6.04 Å². The first kappa shape index (κ1) is 15.7. The lowest BCUT2D eigenvalue weighted by Gasteiger charge is -2.21. The highest BCUT2D eigenvalue weighted by Gasteiger charge is 2.23. The van der Waals surface area contributed by atoms with Gasteiger partial charge in [-0.25, -0.2) is 0 Å². The van der Waals surface area contributed by atoms with Crippen LogP contribution in [0.25, 0.3) is 0 Å². The van der Waals surface area contributed by atoms with E-state index in [1.165, 1.54) is 0 Å². The number of carbonyl (C=O) groups excluding carboxylic acids is 2. The van der Waals surface area contributed by atoms with Crippen molar-refractivity contribution in [3.05, 3.63) is 69.3 Å². The minimum absolute atomic E-state index is 0.332. The largest absolute Gasteiger partial charge is 0.383 e. The number of carbonyl (C=O) groups is 2. The van der Waals surface area contributed by atoms with Crippen LogP contribution in [0.5, 0.6) is 0 Å². The molecular formula is C16H14INO3. The molecule has 5 heteroatoms. The van der Waals surface area contributed by atoms with E-state index < -0.39 is 12.1 Å². The third-order valence-electron chi connectivity index (χ3n) is 3.03. The second kappa shape index (κ2) is 7.33. The normalized spacial score (nSPS) is 13.2. The first-order valence-corrected chi connectivity index (χ1v) is 7.44. The fraction of sp³-hybridized carbons (Fsp3) is 0.125. The van der Waals surface area contributed by atoms with Crippen molar-refractivity contribution in [3.8, 4) is 0 Å². The lowest BCUT2D eigenvalue weighted by atomic mass is 10.0. The molecule has 2 atom stereocenters. The molecular weight excluding hydrogens is 381 g/mol. The first-order valence-electron chi connectivity index (χ1n) is 6.36. The summed E-state index contributed by atoms with van der Waals surface area (Å²) in [6.45, 7) is 0. The molecule has 2 aromatic rings. The summed E-state index contributed by atoms with van der Waals surface area (Å²) in [7, 11) is 0. The molecule has 0 heterocycles. The highest BCUT2D eigenvalue weighted by atomic mass is 127. The summed E-state index contributed by atoms with van der Waals surface area (Å²) in [4.78, 5) is 23.1. The van der Waals surface area contributed by atoms with Gasteiger partial charge in [0.25, 0.3) is 5.91 Å². The Bertz CT molecular complexity index is 613. The Morgan fingerprint density at radius 1 is 1.10 bits per heavy atom. The minimum atomic E-state index is -1.29. The summed E-state index contributed by atoms with van der Waals surface area (Å²) in [5.74, 6) is -0.332. The van der Waals surface area contributed by atoms with Crippen molar-refractivity contribution in [1.82, 2.24) is 5.32 Å². The molecule has 4 nitrogen and oxygen atoms in total. The van der Waals surface area contributed by atoms with Crippen molar-refractivity contribution in [3.63, 3.8) is 0 Å². The molecule has 0 radical (unpaired) electrons. The average Bonchev–Trinajstić information content (AvgIpc) is 2.53. The van der Waals surface area contributed by atoms with Gasteiger partial charge in [-0.15, -0.1) is 0 Å². The fourth-order valence-corrected chi connectivity index (χ4v) is 2.29. The van der Waals surface area contributed by atoms with Crippen molar-refractivity contribution in [1.29, 1.82) is 0 Å². The maximum absolute atomic E-state index is 12.2. The molecule has 0 aliphatic rings. The van der Waals surface area contributed by atoms with E-state index in [0.29, 0.717) is 17.4 Å². The predicted molar refractivity (Wildman–Crippen MR) is 87.9 cm³/mol. The van der Waals surface area contributed by atoms with E-state index in [2.05, 4.69) is 27.9 Å². The van der Waals surface area contributed by atoms with Gasteiger partial charge in [0, 0.05) is 9.13 Å². The van der Waals surface area contributed by atoms with Crippen LogP contribution in [0.15, 0.2) is 54.6 Å². The summed E-state index contributed by atoms with van der Waals surface area (Å²) >= 11 is 2.15. The maximum Gasteiger partial charge on any atom is 0.251 e. The second-order valence-electron chi connectivity index (χ2n) is 4.50. The predicted octanol–water partition coefficient (Wildman–Crippen LogP) is 2.32. The van der Waals surface area contributed by atoms with Crippen molar-refractivity contribution in [2.75, 3.05) is 0 Å². The molecule has 0 aliphatic carbocycles.